The van der Waals surface area contributed by atoms with Crippen molar-refractivity contribution in [1.82, 2.24) is 5.09 Å². The first kappa shape index (κ1) is 33.6. The topological polar surface area (TPSA) is 100 Å². The molecule has 0 fully saturated rings. The Hall–Kier alpha value is -2.87. The standard InChI is InChI=1S/C32H46NO7PSi/c1-9-26-23(4)28-20-39-32(35)29(28)30(38-18-19-42(6,7)8)27(26)17-16-22(3)21-41(36,33-24(5)31(34)37-10-2)40-25-14-12-11-13-15-25/h11-16,24H,9-10,17-21H2,1-8H3,(H,33,36)/t24-,41?/m0/s1. The van der Waals surface area contributed by atoms with Crippen LogP contribution >= 0.6 is 7.52 Å². The molecule has 1 N–H and O–H groups in total. The van der Waals surface area contributed by atoms with Crippen molar-refractivity contribution in [2.24, 2.45) is 0 Å². The molecule has 0 aromatic heterocycles. The van der Waals surface area contributed by atoms with Gasteiger partial charge in [-0.1, -0.05) is 56.4 Å². The van der Waals surface area contributed by atoms with E-state index in [-0.39, 0.29) is 25.3 Å². The Morgan fingerprint density at radius 3 is 2.48 bits per heavy atom. The number of nitrogens with one attached hydrogen (secondary N) is 1. The van der Waals surface area contributed by atoms with Crippen LogP contribution in [0.4, 0.5) is 0 Å². The van der Waals surface area contributed by atoms with Crippen molar-refractivity contribution in [3.8, 4) is 11.5 Å². The summed E-state index contributed by atoms with van der Waals surface area (Å²) in [6.45, 7) is 17.3. The Kier molecular flexibility index (Phi) is 11.6. The number of hydrogen-bond acceptors (Lipinski definition) is 7. The highest BCUT2D eigenvalue weighted by Crippen LogP contribution is 2.46. The highest BCUT2D eigenvalue weighted by atomic mass is 31.2. The molecule has 3 rings (SSSR count). The molecule has 2 aromatic carbocycles. The molecule has 0 saturated carbocycles. The minimum atomic E-state index is -3.57. The second-order valence-corrected chi connectivity index (χ2v) is 19.7. The maximum Gasteiger partial charge on any atom is 0.342 e. The van der Waals surface area contributed by atoms with E-state index in [1.165, 1.54) is 0 Å². The summed E-state index contributed by atoms with van der Waals surface area (Å²) in [5, 5.41) is 2.92. The predicted octanol–water partition coefficient (Wildman–Crippen LogP) is 7.25. The molecule has 0 aliphatic carbocycles. The number of ether oxygens (including phenoxy) is 3. The molecule has 10 heteroatoms. The lowest BCUT2D eigenvalue weighted by molar-refractivity contribution is -0.144. The molecule has 8 nitrogen and oxygen atoms in total. The van der Waals surface area contributed by atoms with Crippen LogP contribution in [0.15, 0.2) is 42.0 Å². The molecule has 2 aromatic rings. The Morgan fingerprint density at radius 2 is 1.86 bits per heavy atom. The molecule has 42 heavy (non-hydrogen) atoms. The van der Waals surface area contributed by atoms with E-state index in [2.05, 4.69) is 31.7 Å². The smallest absolute Gasteiger partial charge is 0.342 e. The Bertz CT molecular complexity index is 1350. The van der Waals surface area contributed by atoms with Gasteiger partial charge in [0.05, 0.1) is 19.4 Å². The lowest BCUT2D eigenvalue weighted by Crippen LogP contribution is -2.35. The highest BCUT2D eigenvalue weighted by molar-refractivity contribution is 7.57. The zero-order chi connectivity index (χ0) is 31.1. The first-order valence-corrected chi connectivity index (χ1v) is 20.2. The van der Waals surface area contributed by atoms with E-state index < -0.39 is 27.6 Å². The van der Waals surface area contributed by atoms with Gasteiger partial charge in [-0.15, -0.1) is 0 Å². The molecule has 1 heterocycles. The van der Waals surface area contributed by atoms with Gasteiger partial charge in [0.25, 0.3) is 0 Å². The number of fused-ring (bicyclic) bond motifs is 1. The van der Waals surface area contributed by atoms with Gasteiger partial charge in [0, 0.05) is 19.2 Å². The van der Waals surface area contributed by atoms with Crippen molar-refractivity contribution in [3.05, 3.63) is 69.8 Å². The van der Waals surface area contributed by atoms with Crippen LogP contribution in [0.25, 0.3) is 0 Å². The largest absolute Gasteiger partial charge is 0.493 e. The fourth-order valence-electron chi connectivity index (χ4n) is 4.98. The summed E-state index contributed by atoms with van der Waals surface area (Å²) in [5.41, 5.74) is 5.39. The summed E-state index contributed by atoms with van der Waals surface area (Å²) in [7, 11) is -4.94. The molecule has 1 unspecified atom stereocenters. The Morgan fingerprint density at radius 1 is 1.17 bits per heavy atom. The predicted molar refractivity (Wildman–Crippen MR) is 170 cm³/mol. The number of para-hydroxylation sites is 1. The molecule has 230 valence electrons. The zero-order valence-corrected chi connectivity index (χ0v) is 28.2. The van der Waals surface area contributed by atoms with E-state index in [9.17, 15) is 14.2 Å². The molecule has 0 spiro atoms. The number of benzene rings is 2. The molecule has 1 aliphatic heterocycles. The van der Waals surface area contributed by atoms with Crippen LogP contribution in [0, 0.1) is 6.92 Å². The van der Waals surface area contributed by atoms with Crippen LogP contribution in [0.2, 0.25) is 25.7 Å². The summed E-state index contributed by atoms with van der Waals surface area (Å²) >= 11 is 0. The van der Waals surface area contributed by atoms with Gasteiger partial charge >= 0.3 is 19.5 Å². The quantitative estimate of drug-likeness (QED) is 0.0968. The SMILES string of the molecule is CCOC(=O)[C@H](C)NP(=O)(CC(C)=CCc1c(CC)c(C)c2c(c1OCC[Si](C)(C)C)C(=O)OC2)Oc1ccccc1. The summed E-state index contributed by atoms with van der Waals surface area (Å²) in [6, 6.07) is 9.04. The number of carbonyl (C=O) groups excluding carboxylic acids is 2. The fourth-order valence-corrected chi connectivity index (χ4v) is 7.85. The van der Waals surface area contributed by atoms with E-state index in [0.717, 1.165) is 40.3 Å². The highest BCUT2D eigenvalue weighted by Gasteiger charge is 2.33. The third-order valence-corrected chi connectivity index (χ3v) is 11.1. The fraction of sp³-hybridized carbons (Fsp3) is 0.500. The number of cyclic esters (lactones) is 1. The lowest BCUT2D eigenvalue weighted by Gasteiger charge is -2.24. The summed E-state index contributed by atoms with van der Waals surface area (Å²) in [6.07, 6.45) is 3.33. The van der Waals surface area contributed by atoms with Crippen LogP contribution in [0.3, 0.4) is 0 Å². The van der Waals surface area contributed by atoms with Gasteiger partial charge < -0.3 is 18.7 Å². The minimum absolute atomic E-state index is 0.0743. The van der Waals surface area contributed by atoms with Crippen molar-refractivity contribution in [3.63, 3.8) is 0 Å². The van der Waals surface area contributed by atoms with Crippen LogP contribution < -0.4 is 14.3 Å². The van der Waals surface area contributed by atoms with Gasteiger partial charge in [0.15, 0.2) is 0 Å². The average Bonchev–Trinajstić information content (AvgIpc) is 3.30. The van der Waals surface area contributed by atoms with E-state index in [4.69, 9.17) is 18.7 Å². The second-order valence-electron chi connectivity index (χ2n) is 11.9. The first-order chi connectivity index (χ1) is 19.8. The molecular weight excluding hydrogens is 569 g/mol. The van der Waals surface area contributed by atoms with Crippen LogP contribution in [0.1, 0.15) is 60.3 Å². The van der Waals surface area contributed by atoms with Gasteiger partial charge in [-0.3, -0.25) is 9.36 Å². The van der Waals surface area contributed by atoms with E-state index in [0.29, 0.717) is 30.1 Å². The van der Waals surface area contributed by atoms with E-state index >= 15 is 0 Å². The molecule has 0 radical (unpaired) electrons. The number of rotatable bonds is 15. The minimum Gasteiger partial charge on any atom is -0.493 e. The Balaban J connectivity index is 1.95. The van der Waals surface area contributed by atoms with Crippen molar-refractivity contribution >= 4 is 27.5 Å². The van der Waals surface area contributed by atoms with Crippen molar-refractivity contribution in [2.75, 3.05) is 19.4 Å². The van der Waals surface area contributed by atoms with Crippen LogP contribution in [-0.4, -0.2) is 45.4 Å². The van der Waals surface area contributed by atoms with Crippen molar-refractivity contribution < 1.29 is 32.9 Å². The van der Waals surface area contributed by atoms with Crippen molar-refractivity contribution in [2.45, 2.75) is 85.8 Å². The second kappa shape index (κ2) is 14.5. The van der Waals surface area contributed by atoms with Gasteiger partial charge in [0.2, 0.25) is 0 Å². The molecule has 0 amide bonds. The number of hydrogen-bond donors (Lipinski definition) is 1. The average molecular weight is 616 g/mol. The molecule has 2 atom stereocenters. The van der Waals surface area contributed by atoms with Gasteiger partial charge in [-0.25, -0.2) is 9.88 Å². The van der Waals surface area contributed by atoms with Crippen LogP contribution in [-0.2, 0) is 38.3 Å². The third kappa shape index (κ3) is 8.82. The summed E-state index contributed by atoms with van der Waals surface area (Å²) < 4.78 is 37.1. The zero-order valence-electron chi connectivity index (χ0n) is 26.3. The molecular formula is C32H46NO7PSi. The van der Waals surface area contributed by atoms with Gasteiger partial charge in [-0.05, 0) is 69.8 Å². The number of allylic oxidation sites excluding steroid dienone is 2. The first-order valence-electron chi connectivity index (χ1n) is 14.7. The Labute approximate surface area is 251 Å². The van der Waals surface area contributed by atoms with E-state index in [1.807, 2.05) is 26.0 Å². The third-order valence-electron chi connectivity index (χ3n) is 7.22. The van der Waals surface area contributed by atoms with Gasteiger partial charge in [-0.2, -0.15) is 0 Å². The maximum atomic E-state index is 14.1. The number of esters is 2. The van der Waals surface area contributed by atoms with Crippen LogP contribution in [0.5, 0.6) is 11.5 Å². The molecule has 0 saturated heterocycles. The monoisotopic (exact) mass is 615 g/mol. The van der Waals surface area contributed by atoms with Gasteiger partial charge in [0.1, 0.15) is 29.7 Å². The lowest BCUT2D eigenvalue weighted by atomic mass is 9.89. The summed E-state index contributed by atoms with van der Waals surface area (Å²) in [5.74, 6) is 0.203. The molecule has 0 bridgehead atoms. The summed E-state index contributed by atoms with van der Waals surface area (Å²) in [4.78, 5) is 25.2. The van der Waals surface area contributed by atoms with Crippen molar-refractivity contribution in [1.29, 1.82) is 0 Å². The number of carbonyl (C=O) groups is 2. The normalized spacial score (nSPS) is 15.4. The molecule has 1 aliphatic rings. The maximum absolute atomic E-state index is 14.1. The van der Waals surface area contributed by atoms with E-state index in [1.54, 1.807) is 38.1 Å².